The minimum atomic E-state index is -4.24. The summed E-state index contributed by atoms with van der Waals surface area (Å²) < 4.78 is 37.4. The minimum Gasteiger partial charge on any atom is -0.314 e. The molecule has 1 atom stereocenters. The molecule has 0 aliphatic heterocycles. The number of hydrogen-bond acceptors (Lipinski definition) is 1. The second-order valence-electron chi connectivity index (χ2n) is 5.25. The van der Waals surface area contributed by atoms with Crippen LogP contribution in [0.5, 0.6) is 0 Å². The van der Waals surface area contributed by atoms with Crippen LogP contribution in [-0.4, -0.2) is 12.6 Å². The number of halogens is 3. The van der Waals surface area contributed by atoms with Crippen molar-refractivity contribution in [3.05, 3.63) is 35.4 Å². The molecular weight excluding hydrogens is 251 g/mol. The monoisotopic (exact) mass is 271 g/mol. The number of rotatable bonds is 5. The van der Waals surface area contributed by atoms with E-state index in [0.29, 0.717) is 12.0 Å². The fraction of sp³-hybridized carbons (Fsp3) is 0.600. The van der Waals surface area contributed by atoms with Crippen LogP contribution >= 0.6 is 0 Å². The summed E-state index contributed by atoms with van der Waals surface area (Å²) in [4.78, 5) is 0. The maximum Gasteiger partial charge on any atom is 0.416 e. The van der Waals surface area contributed by atoms with Gasteiger partial charge in [0, 0.05) is 6.04 Å². The zero-order chi connectivity index (χ0) is 13.9. The van der Waals surface area contributed by atoms with Gasteiger partial charge in [0.15, 0.2) is 0 Å². The fourth-order valence-corrected chi connectivity index (χ4v) is 2.59. The molecule has 1 aliphatic carbocycles. The zero-order valence-corrected chi connectivity index (χ0v) is 11.1. The molecule has 1 unspecified atom stereocenters. The van der Waals surface area contributed by atoms with E-state index in [1.165, 1.54) is 31.4 Å². The lowest BCUT2D eigenvalue weighted by atomic mass is 9.77. The van der Waals surface area contributed by atoms with E-state index in [4.69, 9.17) is 0 Å². The standard InChI is InChI=1S/C15H20F3N/c1-2-19-14(12-4-3-5-12)10-11-6-8-13(9-7-11)15(16,17)18/h6-9,12,14,19H,2-5,10H2,1H3. The molecule has 2 rings (SSSR count). The summed E-state index contributed by atoms with van der Waals surface area (Å²) >= 11 is 0. The summed E-state index contributed by atoms with van der Waals surface area (Å²) in [5, 5.41) is 3.46. The molecule has 0 heterocycles. The Morgan fingerprint density at radius 2 is 1.84 bits per heavy atom. The van der Waals surface area contributed by atoms with Crippen LogP contribution in [0.25, 0.3) is 0 Å². The van der Waals surface area contributed by atoms with E-state index in [9.17, 15) is 13.2 Å². The Morgan fingerprint density at radius 1 is 1.21 bits per heavy atom. The van der Waals surface area contributed by atoms with Crippen molar-refractivity contribution < 1.29 is 13.2 Å². The van der Waals surface area contributed by atoms with Crippen LogP contribution in [0.15, 0.2) is 24.3 Å². The van der Waals surface area contributed by atoms with Crippen LogP contribution in [0.3, 0.4) is 0 Å². The van der Waals surface area contributed by atoms with Crippen LogP contribution in [0.4, 0.5) is 13.2 Å². The molecule has 0 spiro atoms. The lowest BCUT2D eigenvalue weighted by Gasteiger charge is -2.34. The number of nitrogens with one attached hydrogen (secondary N) is 1. The molecule has 1 aromatic carbocycles. The van der Waals surface area contributed by atoms with Crippen molar-refractivity contribution in [3.63, 3.8) is 0 Å². The lowest BCUT2D eigenvalue weighted by molar-refractivity contribution is -0.137. The summed E-state index contributed by atoms with van der Waals surface area (Å²) in [5.41, 5.74) is 0.408. The molecule has 0 aromatic heterocycles. The maximum atomic E-state index is 12.5. The smallest absolute Gasteiger partial charge is 0.314 e. The third kappa shape index (κ3) is 3.72. The first-order valence-corrected chi connectivity index (χ1v) is 6.90. The van der Waals surface area contributed by atoms with E-state index in [-0.39, 0.29) is 0 Å². The van der Waals surface area contributed by atoms with Crippen LogP contribution in [0.1, 0.15) is 37.3 Å². The van der Waals surface area contributed by atoms with Crippen molar-refractivity contribution >= 4 is 0 Å². The highest BCUT2D eigenvalue weighted by atomic mass is 19.4. The Balaban J connectivity index is 2.00. The number of alkyl halides is 3. The number of benzene rings is 1. The molecule has 1 aliphatic rings. The van der Waals surface area contributed by atoms with Gasteiger partial charge in [-0.05, 0) is 49.4 Å². The van der Waals surface area contributed by atoms with Gasteiger partial charge in [-0.15, -0.1) is 0 Å². The summed E-state index contributed by atoms with van der Waals surface area (Å²) in [6, 6.07) is 5.96. The third-order valence-electron chi connectivity index (χ3n) is 3.92. The topological polar surface area (TPSA) is 12.0 Å². The zero-order valence-electron chi connectivity index (χ0n) is 11.1. The third-order valence-corrected chi connectivity index (χ3v) is 3.92. The van der Waals surface area contributed by atoms with Crippen molar-refractivity contribution in [2.24, 2.45) is 5.92 Å². The lowest BCUT2D eigenvalue weighted by Crippen LogP contribution is -2.41. The second kappa shape index (κ2) is 5.95. The van der Waals surface area contributed by atoms with E-state index in [0.717, 1.165) is 18.5 Å². The van der Waals surface area contributed by atoms with E-state index in [1.54, 1.807) is 12.1 Å². The Kier molecular flexibility index (Phi) is 4.50. The quantitative estimate of drug-likeness (QED) is 0.852. The SMILES string of the molecule is CCNC(Cc1ccc(C(F)(F)F)cc1)C1CCC1. The highest BCUT2D eigenvalue weighted by Gasteiger charge is 2.30. The molecule has 19 heavy (non-hydrogen) atoms. The molecule has 1 fully saturated rings. The fourth-order valence-electron chi connectivity index (χ4n) is 2.59. The molecule has 4 heteroatoms. The molecule has 0 amide bonds. The van der Waals surface area contributed by atoms with E-state index in [2.05, 4.69) is 12.2 Å². The van der Waals surface area contributed by atoms with Crippen LogP contribution in [-0.2, 0) is 12.6 Å². The van der Waals surface area contributed by atoms with E-state index in [1.807, 2.05) is 0 Å². The van der Waals surface area contributed by atoms with Crippen LogP contribution < -0.4 is 5.32 Å². The Hall–Kier alpha value is -1.03. The summed E-state index contributed by atoms with van der Waals surface area (Å²) in [6.45, 7) is 2.97. The van der Waals surface area contributed by atoms with E-state index < -0.39 is 11.7 Å². The van der Waals surface area contributed by atoms with Gasteiger partial charge >= 0.3 is 6.18 Å². The molecule has 1 N–H and O–H groups in total. The summed E-state index contributed by atoms with van der Waals surface area (Å²) in [7, 11) is 0. The normalized spacial score (nSPS) is 18.1. The molecule has 1 aromatic rings. The predicted molar refractivity (Wildman–Crippen MR) is 70.0 cm³/mol. The van der Waals surface area contributed by atoms with Crippen molar-refractivity contribution in [1.29, 1.82) is 0 Å². The van der Waals surface area contributed by atoms with Crippen molar-refractivity contribution in [3.8, 4) is 0 Å². The van der Waals surface area contributed by atoms with Gasteiger partial charge in [0.2, 0.25) is 0 Å². The van der Waals surface area contributed by atoms with Gasteiger partial charge in [-0.2, -0.15) is 13.2 Å². The molecule has 106 valence electrons. The first kappa shape index (κ1) is 14.4. The van der Waals surface area contributed by atoms with Gasteiger partial charge in [0.05, 0.1) is 5.56 Å². The van der Waals surface area contributed by atoms with Crippen LogP contribution in [0.2, 0.25) is 0 Å². The molecule has 1 saturated carbocycles. The van der Waals surface area contributed by atoms with Gasteiger partial charge in [-0.3, -0.25) is 0 Å². The van der Waals surface area contributed by atoms with E-state index >= 15 is 0 Å². The minimum absolute atomic E-state index is 0.399. The van der Waals surface area contributed by atoms with Gasteiger partial charge < -0.3 is 5.32 Å². The number of hydrogen-bond donors (Lipinski definition) is 1. The van der Waals surface area contributed by atoms with Crippen LogP contribution in [0, 0.1) is 5.92 Å². The highest BCUT2D eigenvalue weighted by molar-refractivity contribution is 5.25. The first-order valence-electron chi connectivity index (χ1n) is 6.90. The predicted octanol–water partition coefficient (Wildman–Crippen LogP) is 4.03. The molecular formula is C15H20F3N. The molecule has 1 nitrogen and oxygen atoms in total. The number of likely N-dealkylation sites (N-methyl/N-ethyl adjacent to an activating group) is 1. The molecule has 0 bridgehead atoms. The largest absolute Gasteiger partial charge is 0.416 e. The molecule has 0 radical (unpaired) electrons. The average Bonchev–Trinajstić information content (AvgIpc) is 2.26. The Morgan fingerprint density at radius 3 is 2.26 bits per heavy atom. The first-order chi connectivity index (χ1) is 9.00. The average molecular weight is 271 g/mol. The second-order valence-corrected chi connectivity index (χ2v) is 5.25. The van der Waals surface area contributed by atoms with Crippen molar-refractivity contribution in [1.82, 2.24) is 5.32 Å². The van der Waals surface area contributed by atoms with Gasteiger partial charge in [0.1, 0.15) is 0 Å². The Labute approximate surface area is 112 Å². The highest BCUT2D eigenvalue weighted by Crippen LogP contribution is 2.32. The summed E-state index contributed by atoms with van der Waals surface area (Å²) in [5.74, 6) is 0.683. The maximum absolute atomic E-state index is 12.5. The summed E-state index contributed by atoms with van der Waals surface area (Å²) in [6.07, 6.45) is 0.320. The van der Waals surface area contributed by atoms with Gasteiger partial charge in [-0.25, -0.2) is 0 Å². The van der Waals surface area contributed by atoms with Gasteiger partial charge in [-0.1, -0.05) is 25.5 Å². The molecule has 0 saturated heterocycles. The van der Waals surface area contributed by atoms with Gasteiger partial charge in [0.25, 0.3) is 0 Å². The van der Waals surface area contributed by atoms with Crippen molar-refractivity contribution in [2.45, 2.75) is 44.8 Å². The Bertz CT molecular complexity index is 393. The van der Waals surface area contributed by atoms with Crippen molar-refractivity contribution in [2.75, 3.05) is 6.54 Å².